The highest BCUT2D eigenvalue weighted by Gasteiger charge is 2.76. The molecule has 3 amide bonds. The first kappa shape index (κ1) is 25.8. The van der Waals surface area contributed by atoms with Gasteiger partial charge in [-0.3, -0.25) is 19.3 Å². The Morgan fingerprint density at radius 3 is 2.56 bits per heavy atom. The molecular formula is C23H37BrN4O6. The third-order valence-electron chi connectivity index (χ3n) is 7.73. The van der Waals surface area contributed by atoms with Gasteiger partial charge < -0.3 is 30.1 Å². The molecule has 7 atom stereocenters. The number of hydrogen-bond donors (Lipinski definition) is 3. The van der Waals surface area contributed by atoms with Crippen molar-refractivity contribution in [3.63, 3.8) is 0 Å². The Morgan fingerprint density at radius 1 is 1.21 bits per heavy atom. The van der Waals surface area contributed by atoms with Crippen LogP contribution in [0.3, 0.4) is 0 Å². The van der Waals surface area contributed by atoms with Gasteiger partial charge in [0.1, 0.15) is 11.6 Å². The van der Waals surface area contributed by atoms with Crippen LogP contribution < -0.4 is 10.6 Å². The number of likely N-dealkylation sites (tertiary alicyclic amines) is 1. The largest absolute Gasteiger partial charge is 0.394 e. The van der Waals surface area contributed by atoms with E-state index in [4.69, 9.17) is 9.47 Å². The van der Waals surface area contributed by atoms with Crippen molar-refractivity contribution < 1.29 is 29.0 Å². The molecule has 3 N–H and O–H groups in total. The van der Waals surface area contributed by atoms with Gasteiger partial charge in [-0.2, -0.15) is 0 Å². The number of amides is 3. The fraction of sp³-hybridized carbons (Fsp3) is 0.870. The first-order chi connectivity index (χ1) is 16.4. The molecule has 4 aliphatic heterocycles. The second kappa shape index (κ2) is 10.8. The molecule has 1 spiro atoms. The van der Waals surface area contributed by atoms with E-state index in [0.29, 0.717) is 45.7 Å². The Morgan fingerprint density at radius 2 is 1.91 bits per heavy atom. The van der Waals surface area contributed by atoms with Gasteiger partial charge >= 0.3 is 0 Å². The quantitative estimate of drug-likeness (QED) is 0.316. The number of morpholine rings is 1. The molecule has 0 aromatic rings. The van der Waals surface area contributed by atoms with Gasteiger partial charge in [-0.15, -0.1) is 0 Å². The molecule has 0 aromatic heterocycles. The zero-order valence-corrected chi connectivity index (χ0v) is 21.6. The zero-order chi connectivity index (χ0) is 24.5. The van der Waals surface area contributed by atoms with Crippen LogP contribution in [0.4, 0.5) is 0 Å². The van der Waals surface area contributed by atoms with Crippen LogP contribution in [-0.2, 0) is 23.9 Å². The van der Waals surface area contributed by atoms with Crippen LogP contribution >= 0.6 is 15.9 Å². The summed E-state index contributed by atoms with van der Waals surface area (Å²) in [5.74, 6) is -2.17. The molecule has 192 valence electrons. The second-order valence-corrected chi connectivity index (χ2v) is 10.9. The van der Waals surface area contributed by atoms with E-state index < -0.39 is 35.6 Å². The summed E-state index contributed by atoms with van der Waals surface area (Å²) in [6.45, 7) is 8.26. The summed E-state index contributed by atoms with van der Waals surface area (Å²) in [5.41, 5.74) is -1.09. The van der Waals surface area contributed by atoms with E-state index in [2.05, 4.69) is 31.5 Å². The summed E-state index contributed by atoms with van der Waals surface area (Å²) in [7, 11) is 0. The van der Waals surface area contributed by atoms with E-state index in [9.17, 15) is 19.5 Å². The molecule has 4 rings (SSSR count). The Bertz CT molecular complexity index is 777. The fourth-order valence-electron chi connectivity index (χ4n) is 6.10. The third-order valence-corrected chi connectivity index (χ3v) is 8.58. The van der Waals surface area contributed by atoms with Crippen LogP contribution in [0.15, 0.2) is 0 Å². The molecule has 4 saturated heterocycles. The summed E-state index contributed by atoms with van der Waals surface area (Å²) < 4.78 is 11.8. The molecule has 0 saturated carbocycles. The molecule has 0 aromatic carbocycles. The summed E-state index contributed by atoms with van der Waals surface area (Å²) in [6, 6.07) is -1.40. The maximum Gasteiger partial charge on any atom is 0.245 e. The van der Waals surface area contributed by atoms with Crippen LogP contribution in [0.2, 0.25) is 0 Å². The number of aliphatic hydroxyl groups is 1. The number of aliphatic hydroxyl groups excluding tert-OH is 1. The van der Waals surface area contributed by atoms with Crippen LogP contribution in [0.25, 0.3) is 0 Å². The molecular weight excluding hydrogens is 508 g/mol. The summed E-state index contributed by atoms with van der Waals surface area (Å²) >= 11 is 3.66. The Kier molecular flexibility index (Phi) is 8.18. The molecule has 0 radical (unpaired) electrons. The second-order valence-electron chi connectivity index (χ2n) is 9.69. The highest BCUT2D eigenvalue weighted by atomic mass is 79.9. The molecule has 0 aliphatic carbocycles. The molecule has 3 unspecified atom stereocenters. The van der Waals surface area contributed by atoms with Crippen molar-refractivity contribution in [2.24, 2.45) is 11.8 Å². The lowest BCUT2D eigenvalue weighted by molar-refractivity contribution is -0.145. The normalized spacial score (nSPS) is 35.9. The molecule has 11 heteroatoms. The minimum Gasteiger partial charge on any atom is -0.394 e. The van der Waals surface area contributed by atoms with Gasteiger partial charge in [0.15, 0.2) is 0 Å². The van der Waals surface area contributed by atoms with Crippen molar-refractivity contribution in [2.45, 2.75) is 61.7 Å². The highest BCUT2D eigenvalue weighted by Crippen LogP contribution is 2.60. The number of rotatable bonds is 10. The topological polar surface area (TPSA) is 120 Å². The van der Waals surface area contributed by atoms with Crippen molar-refractivity contribution in [1.29, 1.82) is 0 Å². The Balaban J connectivity index is 1.58. The predicted molar refractivity (Wildman–Crippen MR) is 127 cm³/mol. The highest BCUT2D eigenvalue weighted by molar-refractivity contribution is 9.09. The van der Waals surface area contributed by atoms with Crippen molar-refractivity contribution in [2.75, 3.05) is 52.5 Å². The maximum atomic E-state index is 13.8. The number of nitrogens with one attached hydrogen (secondary N) is 2. The van der Waals surface area contributed by atoms with Gasteiger partial charge in [0.05, 0.1) is 43.8 Å². The fourth-order valence-corrected chi connectivity index (χ4v) is 7.04. The number of ether oxygens (including phenoxy) is 2. The molecule has 2 bridgehead atoms. The molecule has 4 fully saturated rings. The zero-order valence-electron chi connectivity index (χ0n) is 20.0. The Labute approximate surface area is 209 Å². The summed E-state index contributed by atoms with van der Waals surface area (Å²) in [4.78, 5) is 44.2. The molecule has 34 heavy (non-hydrogen) atoms. The standard InChI is InChI=1S/C23H37BrN4O6/c1-3-5-25-20(30)16-17-22(32)28(14(4-2)13-29)19(23(17)12-15(24)18(16)34-23)21(31)26-6-7-27-8-10-33-11-9-27/h14-19,29H,3-13H2,1-2H3,(H,25,30)(H,26,31)/t14-,15?,16-,17-,18-,19?,23?/m0/s1. The maximum absolute atomic E-state index is 13.8. The first-order valence-electron chi connectivity index (χ1n) is 12.5. The monoisotopic (exact) mass is 544 g/mol. The summed E-state index contributed by atoms with van der Waals surface area (Å²) in [5, 5.41) is 16.0. The molecule has 4 heterocycles. The minimum absolute atomic E-state index is 0.133. The van der Waals surface area contributed by atoms with Crippen LogP contribution in [0.5, 0.6) is 0 Å². The van der Waals surface area contributed by atoms with Gasteiger partial charge in [-0.25, -0.2) is 0 Å². The van der Waals surface area contributed by atoms with Gasteiger partial charge in [-0.1, -0.05) is 29.8 Å². The van der Waals surface area contributed by atoms with E-state index in [-0.39, 0.29) is 29.2 Å². The van der Waals surface area contributed by atoms with E-state index in [1.54, 1.807) is 0 Å². The van der Waals surface area contributed by atoms with Gasteiger partial charge in [0.25, 0.3) is 0 Å². The van der Waals surface area contributed by atoms with Gasteiger partial charge in [0, 0.05) is 37.6 Å². The van der Waals surface area contributed by atoms with Crippen molar-refractivity contribution >= 4 is 33.7 Å². The minimum atomic E-state index is -1.09. The number of carbonyl (C=O) groups is 3. The van der Waals surface area contributed by atoms with E-state index in [1.807, 2.05) is 13.8 Å². The van der Waals surface area contributed by atoms with Crippen molar-refractivity contribution in [3.8, 4) is 0 Å². The van der Waals surface area contributed by atoms with Gasteiger partial charge in [0.2, 0.25) is 17.7 Å². The van der Waals surface area contributed by atoms with Crippen LogP contribution in [0.1, 0.15) is 33.1 Å². The average molecular weight is 545 g/mol. The van der Waals surface area contributed by atoms with Gasteiger partial charge in [-0.05, 0) is 19.3 Å². The number of halogens is 1. The lowest BCUT2D eigenvalue weighted by Gasteiger charge is -2.36. The Hall–Kier alpha value is -1.27. The number of alkyl halides is 1. The van der Waals surface area contributed by atoms with Crippen molar-refractivity contribution in [1.82, 2.24) is 20.4 Å². The predicted octanol–water partition coefficient (Wildman–Crippen LogP) is -0.520. The van der Waals surface area contributed by atoms with E-state index >= 15 is 0 Å². The number of hydrogen-bond acceptors (Lipinski definition) is 7. The smallest absolute Gasteiger partial charge is 0.245 e. The van der Waals surface area contributed by atoms with E-state index in [1.165, 1.54) is 4.90 Å². The third kappa shape index (κ3) is 4.38. The molecule has 4 aliphatic rings. The first-order valence-corrected chi connectivity index (χ1v) is 13.4. The number of fused-ring (bicyclic) bond motifs is 1. The number of nitrogens with zero attached hydrogens (tertiary/aromatic N) is 2. The lowest BCUT2D eigenvalue weighted by Crippen LogP contribution is -2.58. The van der Waals surface area contributed by atoms with Crippen molar-refractivity contribution in [3.05, 3.63) is 0 Å². The van der Waals surface area contributed by atoms with Crippen LogP contribution in [-0.4, -0.2) is 114 Å². The SMILES string of the molecule is CCCNC(=O)[C@H]1[C@H]2C(=O)N([C@@H](CC)CO)C(C(=O)NCCN3CCOCC3)C23CC(Br)[C@@H]1O3. The number of carbonyl (C=O) groups excluding carboxylic acids is 3. The van der Waals surface area contributed by atoms with E-state index in [0.717, 1.165) is 19.5 Å². The lowest BCUT2D eigenvalue weighted by atomic mass is 9.70. The van der Waals surface area contributed by atoms with Crippen LogP contribution in [0, 0.1) is 11.8 Å². The molecule has 10 nitrogen and oxygen atoms in total. The average Bonchev–Trinajstić information content (AvgIpc) is 3.43. The summed E-state index contributed by atoms with van der Waals surface area (Å²) in [6.07, 6.45) is 1.28.